The van der Waals surface area contributed by atoms with Crippen LogP contribution in [0.4, 0.5) is 0 Å². The Hall–Kier alpha value is -0.870. The molecule has 4 fully saturated rings. The lowest BCUT2D eigenvalue weighted by Crippen LogP contribution is -2.62. The zero-order valence-corrected chi connectivity index (χ0v) is 16.7. The minimum atomic E-state index is -0.628. The average molecular weight is 375 g/mol. The largest absolute Gasteiger partial charge is 0.458 e. The van der Waals surface area contributed by atoms with Crippen LogP contribution in [0, 0.1) is 34.5 Å². The van der Waals surface area contributed by atoms with Gasteiger partial charge < -0.3 is 14.9 Å². The van der Waals surface area contributed by atoms with E-state index in [1.807, 2.05) is 0 Å². The lowest BCUT2D eigenvalue weighted by Gasteiger charge is -2.63. The number of esters is 1. The van der Waals surface area contributed by atoms with Gasteiger partial charge in [0.1, 0.15) is 6.61 Å². The Morgan fingerprint density at radius 2 is 1.85 bits per heavy atom. The highest BCUT2D eigenvalue weighted by Crippen LogP contribution is 2.69. The highest BCUT2D eigenvalue weighted by atomic mass is 16.5. The van der Waals surface area contributed by atoms with Gasteiger partial charge in [0.2, 0.25) is 0 Å². The lowest BCUT2D eigenvalue weighted by atomic mass is 9.43. The van der Waals surface area contributed by atoms with E-state index in [1.165, 1.54) is 6.42 Å². The van der Waals surface area contributed by atoms with Crippen LogP contribution in [0.2, 0.25) is 0 Å². The molecule has 4 heteroatoms. The molecule has 5 aliphatic rings. The lowest BCUT2D eigenvalue weighted by molar-refractivity contribution is -0.208. The molecule has 2 N–H and O–H groups in total. The number of aliphatic hydroxyl groups is 2. The molecule has 5 rings (SSSR count). The van der Waals surface area contributed by atoms with Crippen LogP contribution in [-0.2, 0) is 9.53 Å². The normalized spacial score (nSPS) is 54.6. The van der Waals surface area contributed by atoms with Crippen LogP contribution in [0.25, 0.3) is 0 Å². The number of carbonyl (C=O) groups is 1. The molecular formula is C23H34O4. The van der Waals surface area contributed by atoms with Crippen molar-refractivity contribution in [2.75, 3.05) is 6.61 Å². The minimum absolute atomic E-state index is 0.126. The highest BCUT2D eigenvalue weighted by Gasteiger charge is 2.67. The van der Waals surface area contributed by atoms with Crippen LogP contribution in [0.3, 0.4) is 0 Å². The SMILES string of the molecule is C[C@]12CC[C@H](O)C[C@H]1CC[C@@H]1[C@@H]2CC[C@]2(C)[C@@H](C3=CC(=O)OC3)CC[C@@]12O. The van der Waals surface area contributed by atoms with Gasteiger partial charge in [-0.25, -0.2) is 4.79 Å². The molecule has 0 spiro atoms. The van der Waals surface area contributed by atoms with Crippen molar-refractivity contribution in [3.05, 3.63) is 11.6 Å². The second-order valence-electron chi connectivity index (χ2n) is 10.7. The topological polar surface area (TPSA) is 66.8 Å². The molecule has 8 atom stereocenters. The summed E-state index contributed by atoms with van der Waals surface area (Å²) in [6.45, 7) is 5.15. The van der Waals surface area contributed by atoms with E-state index >= 15 is 0 Å². The van der Waals surface area contributed by atoms with E-state index in [9.17, 15) is 15.0 Å². The predicted octanol–water partition coefficient (Wildman–Crippen LogP) is 3.60. The Morgan fingerprint density at radius 1 is 1.04 bits per heavy atom. The van der Waals surface area contributed by atoms with Crippen LogP contribution >= 0.6 is 0 Å². The molecule has 27 heavy (non-hydrogen) atoms. The van der Waals surface area contributed by atoms with Crippen LogP contribution in [0.5, 0.6) is 0 Å². The Kier molecular flexibility index (Phi) is 3.92. The third-order valence-electron chi connectivity index (χ3n) is 9.96. The first kappa shape index (κ1) is 18.2. The van der Waals surface area contributed by atoms with Gasteiger partial charge in [-0.3, -0.25) is 0 Å². The minimum Gasteiger partial charge on any atom is -0.458 e. The molecule has 4 saturated carbocycles. The van der Waals surface area contributed by atoms with Gasteiger partial charge in [0.25, 0.3) is 0 Å². The van der Waals surface area contributed by atoms with E-state index in [-0.39, 0.29) is 28.8 Å². The molecule has 0 aromatic heterocycles. The van der Waals surface area contributed by atoms with Crippen LogP contribution in [-0.4, -0.2) is 34.5 Å². The van der Waals surface area contributed by atoms with Crippen molar-refractivity contribution in [3.8, 4) is 0 Å². The average Bonchev–Trinajstić information content (AvgIpc) is 3.16. The third kappa shape index (κ3) is 2.32. The Labute approximate surface area is 162 Å². The second-order valence-corrected chi connectivity index (χ2v) is 10.7. The Bertz CT molecular complexity index is 686. The molecule has 0 unspecified atom stereocenters. The fraction of sp³-hybridized carbons (Fsp3) is 0.870. The monoisotopic (exact) mass is 374 g/mol. The summed E-state index contributed by atoms with van der Waals surface area (Å²) in [7, 11) is 0. The standard InChI is InChI=1S/C23H34O4/c1-21-8-5-16(24)12-15(21)3-4-19-18(21)6-9-22(2)17(7-10-23(19,22)26)14-11-20(25)27-13-14/h11,15-19,24,26H,3-10,12-13H2,1-2H3/t15-,16+,17-,18+,19-,21+,22-,23-/m1/s1. The number of hydrogen-bond donors (Lipinski definition) is 2. The molecule has 0 bridgehead atoms. The maximum atomic E-state index is 12.1. The molecule has 1 heterocycles. The molecule has 4 aliphatic carbocycles. The number of fused-ring (bicyclic) bond motifs is 5. The molecule has 150 valence electrons. The fourth-order valence-electron chi connectivity index (χ4n) is 8.39. The predicted molar refractivity (Wildman–Crippen MR) is 102 cm³/mol. The highest BCUT2D eigenvalue weighted by molar-refractivity contribution is 5.85. The van der Waals surface area contributed by atoms with Crippen molar-refractivity contribution in [1.29, 1.82) is 0 Å². The summed E-state index contributed by atoms with van der Waals surface area (Å²) in [5.74, 6) is 1.59. The van der Waals surface area contributed by atoms with Crippen LogP contribution in [0.15, 0.2) is 11.6 Å². The van der Waals surface area contributed by atoms with E-state index in [4.69, 9.17) is 4.74 Å². The molecule has 0 saturated heterocycles. The summed E-state index contributed by atoms with van der Waals surface area (Å²) in [4.78, 5) is 11.6. The van der Waals surface area contributed by atoms with E-state index < -0.39 is 5.60 Å². The van der Waals surface area contributed by atoms with Gasteiger partial charge in [-0.05, 0) is 92.4 Å². The van der Waals surface area contributed by atoms with Crippen molar-refractivity contribution in [1.82, 2.24) is 0 Å². The Morgan fingerprint density at radius 3 is 2.59 bits per heavy atom. The molecule has 0 aromatic rings. The van der Waals surface area contributed by atoms with E-state index in [0.717, 1.165) is 56.9 Å². The van der Waals surface area contributed by atoms with E-state index in [1.54, 1.807) is 6.08 Å². The molecule has 0 aromatic carbocycles. The first-order valence-corrected chi connectivity index (χ1v) is 11.1. The first-order valence-electron chi connectivity index (χ1n) is 11.1. The number of cyclic esters (lactones) is 1. The van der Waals surface area contributed by atoms with Crippen molar-refractivity contribution in [3.63, 3.8) is 0 Å². The van der Waals surface area contributed by atoms with E-state index in [2.05, 4.69) is 13.8 Å². The van der Waals surface area contributed by atoms with Crippen molar-refractivity contribution in [2.24, 2.45) is 34.5 Å². The Balaban J connectivity index is 1.47. The quantitative estimate of drug-likeness (QED) is 0.688. The number of aliphatic hydroxyl groups excluding tert-OH is 1. The maximum Gasteiger partial charge on any atom is 0.331 e. The van der Waals surface area contributed by atoms with E-state index in [0.29, 0.717) is 24.4 Å². The maximum absolute atomic E-state index is 12.1. The molecule has 4 nitrogen and oxygen atoms in total. The molecule has 1 aliphatic heterocycles. The first-order chi connectivity index (χ1) is 12.8. The van der Waals surface area contributed by atoms with Gasteiger partial charge in [-0.2, -0.15) is 0 Å². The van der Waals surface area contributed by atoms with Crippen molar-refractivity contribution >= 4 is 5.97 Å². The van der Waals surface area contributed by atoms with Crippen LogP contribution < -0.4 is 0 Å². The summed E-state index contributed by atoms with van der Waals surface area (Å²) < 4.78 is 5.20. The second kappa shape index (κ2) is 5.82. The van der Waals surface area contributed by atoms with Crippen molar-refractivity contribution < 1.29 is 19.7 Å². The molecular weight excluding hydrogens is 340 g/mol. The zero-order valence-electron chi connectivity index (χ0n) is 16.7. The summed E-state index contributed by atoms with van der Waals surface area (Å²) in [5.41, 5.74) is 0.600. The molecule has 0 amide bonds. The summed E-state index contributed by atoms with van der Waals surface area (Å²) >= 11 is 0. The fourth-order valence-corrected chi connectivity index (χ4v) is 8.39. The van der Waals surface area contributed by atoms with Gasteiger partial charge >= 0.3 is 5.97 Å². The number of hydrogen-bond acceptors (Lipinski definition) is 4. The molecule has 0 radical (unpaired) electrons. The summed E-state index contributed by atoms with van der Waals surface area (Å²) in [6, 6.07) is 0. The van der Waals surface area contributed by atoms with Gasteiger partial charge in [0.15, 0.2) is 0 Å². The number of ether oxygens (including phenoxy) is 1. The van der Waals surface area contributed by atoms with Gasteiger partial charge in [0, 0.05) is 11.5 Å². The zero-order chi connectivity index (χ0) is 19.0. The third-order valence-corrected chi connectivity index (χ3v) is 9.96. The van der Waals surface area contributed by atoms with Crippen LogP contribution in [0.1, 0.15) is 71.6 Å². The smallest absolute Gasteiger partial charge is 0.331 e. The van der Waals surface area contributed by atoms with Gasteiger partial charge in [-0.1, -0.05) is 13.8 Å². The van der Waals surface area contributed by atoms with Crippen molar-refractivity contribution in [2.45, 2.75) is 83.3 Å². The number of carbonyl (C=O) groups excluding carboxylic acids is 1. The van der Waals surface area contributed by atoms with Gasteiger partial charge in [0.05, 0.1) is 11.7 Å². The summed E-state index contributed by atoms with van der Waals surface area (Å²) in [6.07, 6.45) is 10.8. The summed E-state index contributed by atoms with van der Waals surface area (Å²) in [5, 5.41) is 22.3. The van der Waals surface area contributed by atoms with Gasteiger partial charge in [-0.15, -0.1) is 0 Å². The number of rotatable bonds is 1.